The lowest BCUT2D eigenvalue weighted by molar-refractivity contribution is -0.141. The van der Waals surface area contributed by atoms with Gasteiger partial charge in [0.25, 0.3) is 0 Å². The maximum Gasteiger partial charge on any atom is 0.242 e. The predicted molar refractivity (Wildman–Crippen MR) is 153 cm³/mol. The molecule has 1 N–H and O–H groups in total. The van der Waals surface area contributed by atoms with Crippen LogP contribution in [0, 0.1) is 0 Å². The van der Waals surface area contributed by atoms with Crippen molar-refractivity contribution < 1.29 is 27.5 Å². The molecule has 1 atom stereocenters. The highest BCUT2D eigenvalue weighted by atomic mass is 79.9. The van der Waals surface area contributed by atoms with Gasteiger partial charge >= 0.3 is 0 Å². The van der Waals surface area contributed by atoms with E-state index in [1.165, 1.54) is 10.7 Å². The van der Waals surface area contributed by atoms with E-state index in [0.29, 0.717) is 17.2 Å². The molecule has 11 heteroatoms. The quantitative estimate of drug-likeness (QED) is 0.393. The maximum atomic E-state index is 13.5. The first kappa shape index (κ1) is 29.2. The normalized spacial score (nSPS) is 16.0. The number of nitrogens with one attached hydrogen (secondary N) is 1. The summed E-state index contributed by atoms with van der Waals surface area (Å²) in [4.78, 5) is 28.3. The number of sulfonamides is 1. The van der Waals surface area contributed by atoms with E-state index in [2.05, 4.69) is 21.2 Å². The van der Waals surface area contributed by atoms with Crippen molar-refractivity contribution in [2.24, 2.45) is 0 Å². The number of nitrogens with zero attached hydrogens (tertiary/aromatic N) is 2. The Hall–Kier alpha value is -2.79. The van der Waals surface area contributed by atoms with Crippen LogP contribution in [-0.2, 0) is 26.2 Å². The van der Waals surface area contributed by atoms with Crippen LogP contribution < -0.4 is 19.1 Å². The fourth-order valence-electron chi connectivity index (χ4n) is 5.03. The number of halogens is 1. The zero-order valence-corrected chi connectivity index (χ0v) is 24.8. The first-order valence-corrected chi connectivity index (χ1v) is 16.0. The largest absolute Gasteiger partial charge is 0.454 e. The third-order valence-corrected chi connectivity index (χ3v) is 8.84. The van der Waals surface area contributed by atoms with Crippen molar-refractivity contribution in [3.05, 3.63) is 52.5 Å². The number of hydrogen-bond acceptors (Lipinski definition) is 6. The van der Waals surface area contributed by atoms with E-state index < -0.39 is 16.1 Å². The highest BCUT2D eigenvalue weighted by molar-refractivity contribution is 9.10. The molecule has 9 nitrogen and oxygen atoms in total. The van der Waals surface area contributed by atoms with Crippen LogP contribution in [0.1, 0.15) is 57.4 Å². The summed E-state index contributed by atoms with van der Waals surface area (Å²) in [6, 6.07) is 12.1. The Morgan fingerprint density at radius 2 is 1.82 bits per heavy atom. The number of benzene rings is 2. The first-order valence-electron chi connectivity index (χ1n) is 13.3. The van der Waals surface area contributed by atoms with Crippen LogP contribution in [0.3, 0.4) is 0 Å². The molecule has 1 aliphatic carbocycles. The summed E-state index contributed by atoms with van der Waals surface area (Å²) in [5.74, 6) is 0.671. The zero-order chi connectivity index (χ0) is 28.0. The summed E-state index contributed by atoms with van der Waals surface area (Å²) in [6.45, 7) is 2.23. The molecular weight excluding hydrogens is 586 g/mol. The molecule has 1 aliphatic heterocycles. The second-order valence-corrected chi connectivity index (χ2v) is 13.0. The molecule has 0 aromatic heterocycles. The van der Waals surface area contributed by atoms with E-state index in [9.17, 15) is 18.0 Å². The molecule has 39 heavy (non-hydrogen) atoms. The Balaban J connectivity index is 1.45. The molecule has 2 amide bonds. The van der Waals surface area contributed by atoms with Gasteiger partial charge in [0.1, 0.15) is 6.04 Å². The van der Waals surface area contributed by atoms with Gasteiger partial charge < -0.3 is 19.7 Å². The number of hydrogen-bond donors (Lipinski definition) is 1. The number of fused-ring (bicyclic) bond motifs is 1. The summed E-state index contributed by atoms with van der Waals surface area (Å²) in [7, 11) is -3.61. The summed E-state index contributed by atoms with van der Waals surface area (Å²) < 4.78 is 38.1. The van der Waals surface area contributed by atoms with Gasteiger partial charge in [-0.3, -0.25) is 13.9 Å². The molecule has 0 bridgehead atoms. The average molecular weight is 623 g/mol. The number of carbonyl (C=O) groups is 2. The van der Waals surface area contributed by atoms with Crippen molar-refractivity contribution in [3.8, 4) is 11.5 Å². The molecule has 212 valence electrons. The molecular formula is C28H36BrN3O6S. The highest BCUT2D eigenvalue weighted by Gasteiger charge is 2.29. The minimum atomic E-state index is -3.61. The predicted octanol–water partition coefficient (Wildman–Crippen LogP) is 4.59. The Morgan fingerprint density at radius 1 is 1.08 bits per heavy atom. The molecule has 2 aromatic carbocycles. The third-order valence-electron chi connectivity index (χ3n) is 7.16. The van der Waals surface area contributed by atoms with E-state index >= 15 is 0 Å². The molecule has 1 heterocycles. The van der Waals surface area contributed by atoms with Crippen LogP contribution in [0.15, 0.2) is 46.9 Å². The van der Waals surface area contributed by atoms with E-state index in [4.69, 9.17) is 9.47 Å². The Bertz CT molecular complexity index is 1280. The fourth-order valence-corrected chi connectivity index (χ4v) is 6.43. The molecule has 1 saturated carbocycles. The Morgan fingerprint density at radius 3 is 2.54 bits per heavy atom. The highest BCUT2D eigenvalue weighted by Crippen LogP contribution is 2.36. The molecule has 0 saturated heterocycles. The van der Waals surface area contributed by atoms with Crippen LogP contribution in [0.25, 0.3) is 0 Å². The summed E-state index contributed by atoms with van der Waals surface area (Å²) in [6.07, 6.45) is 6.81. The molecule has 0 radical (unpaired) electrons. The Labute approximate surface area is 239 Å². The van der Waals surface area contributed by atoms with Crippen LogP contribution in [0.2, 0.25) is 0 Å². The van der Waals surface area contributed by atoms with Gasteiger partial charge in [-0.25, -0.2) is 8.42 Å². The Kier molecular flexibility index (Phi) is 9.76. The SMILES string of the molecule is C[C@@H](C(=O)NC1CCCCC1)N(Cc1cccc(Br)c1)C(=O)CCCN(c1ccc2c(c1)OCO2)S(C)(=O)=O. The van der Waals surface area contributed by atoms with E-state index in [-0.39, 0.29) is 50.6 Å². The van der Waals surface area contributed by atoms with Crippen molar-refractivity contribution in [1.82, 2.24) is 10.2 Å². The second kappa shape index (κ2) is 13.0. The number of carbonyl (C=O) groups excluding carboxylic acids is 2. The lowest BCUT2D eigenvalue weighted by Crippen LogP contribution is -2.50. The summed E-state index contributed by atoms with van der Waals surface area (Å²) in [5, 5.41) is 3.14. The van der Waals surface area contributed by atoms with Crippen LogP contribution in [0.5, 0.6) is 11.5 Å². The van der Waals surface area contributed by atoms with E-state index in [1.54, 1.807) is 30.0 Å². The van der Waals surface area contributed by atoms with Gasteiger partial charge in [0.15, 0.2) is 11.5 Å². The minimum Gasteiger partial charge on any atom is -0.454 e. The van der Waals surface area contributed by atoms with Crippen molar-refractivity contribution >= 4 is 43.5 Å². The van der Waals surface area contributed by atoms with Crippen molar-refractivity contribution in [1.29, 1.82) is 0 Å². The van der Waals surface area contributed by atoms with Gasteiger partial charge in [-0.05, 0) is 56.0 Å². The molecule has 0 unspecified atom stereocenters. The topological polar surface area (TPSA) is 105 Å². The monoisotopic (exact) mass is 621 g/mol. The van der Waals surface area contributed by atoms with Gasteiger partial charge in [0, 0.05) is 36.1 Å². The molecule has 0 spiro atoms. The van der Waals surface area contributed by atoms with Crippen LogP contribution in [-0.4, -0.2) is 56.8 Å². The minimum absolute atomic E-state index is 0.0889. The fraction of sp³-hybridized carbons (Fsp3) is 0.500. The van der Waals surface area contributed by atoms with E-state index in [1.807, 2.05) is 24.3 Å². The maximum absolute atomic E-state index is 13.5. The molecule has 2 aliphatic rings. The van der Waals surface area contributed by atoms with Crippen LogP contribution >= 0.6 is 15.9 Å². The zero-order valence-electron chi connectivity index (χ0n) is 22.4. The van der Waals surface area contributed by atoms with Crippen molar-refractivity contribution in [2.75, 3.05) is 23.9 Å². The van der Waals surface area contributed by atoms with Gasteiger partial charge in [0.05, 0.1) is 11.9 Å². The third kappa shape index (κ3) is 7.88. The van der Waals surface area contributed by atoms with E-state index in [0.717, 1.165) is 42.0 Å². The molecule has 2 aromatic rings. The average Bonchev–Trinajstić information content (AvgIpc) is 3.37. The van der Waals surface area contributed by atoms with Crippen LogP contribution in [0.4, 0.5) is 5.69 Å². The van der Waals surface area contributed by atoms with Crippen molar-refractivity contribution in [3.63, 3.8) is 0 Å². The first-order chi connectivity index (χ1) is 18.6. The van der Waals surface area contributed by atoms with Gasteiger partial charge in [-0.2, -0.15) is 0 Å². The standard InChI is InChI=1S/C28H36BrN3O6S/c1-20(28(34)30-23-10-4-3-5-11-23)31(18-21-8-6-9-22(29)16-21)27(33)12-7-15-32(39(2,35)36)24-13-14-25-26(17-24)38-19-37-25/h6,8-9,13-14,16-17,20,23H,3-5,7,10-12,15,18-19H2,1-2H3,(H,30,34)/t20-/m0/s1. The van der Waals surface area contributed by atoms with Gasteiger partial charge in [-0.1, -0.05) is 47.3 Å². The second-order valence-electron chi connectivity index (χ2n) is 10.1. The number of amides is 2. The summed E-state index contributed by atoms with van der Waals surface area (Å²) >= 11 is 3.48. The smallest absolute Gasteiger partial charge is 0.242 e. The lowest BCUT2D eigenvalue weighted by atomic mass is 9.95. The lowest BCUT2D eigenvalue weighted by Gasteiger charge is -2.31. The molecule has 1 fully saturated rings. The van der Waals surface area contributed by atoms with Gasteiger partial charge in [-0.15, -0.1) is 0 Å². The number of rotatable bonds is 11. The van der Waals surface area contributed by atoms with Gasteiger partial charge in [0.2, 0.25) is 28.6 Å². The number of ether oxygens (including phenoxy) is 2. The molecule has 4 rings (SSSR count). The van der Waals surface area contributed by atoms with Crippen molar-refractivity contribution in [2.45, 2.75) is 70.5 Å². The number of anilines is 1. The summed E-state index contributed by atoms with van der Waals surface area (Å²) in [5.41, 5.74) is 1.34.